The second kappa shape index (κ2) is 4.87. The van der Waals surface area contributed by atoms with Crippen molar-refractivity contribution in [2.75, 3.05) is 0 Å². The molecule has 0 radical (unpaired) electrons. The summed E-state index contributed by atoms with van der Waals surface area (Å²) in [5.74, 6) is 0.00936. The predicted octanol–water partition coefficient (Wildman–Crippen LogP) is 3.46. The number of aromatic hydroxyl groups is 1. The van der Waals surface area contributed by atoms with Crippen LogP contribution in [-0.4, -0.2) is 13.4 Å². The van der Waals surface area contributed by atoms with Gasteiger partial charge in [-0.15, -0.1) is 0 Å². The molecule has 1 rings (SSSR count). The maximum atomic E-state index is 9.28. The number of rotatable bonds is 3. The van der Waals surface area contributed by atoms with Crippen LogP contribution in [0.1, 0.15) is 11.7 Å². The number of nitrogens with zero attached hydrogens (tertiary/aromatic N) is 1. The van der Waals surface area contributed by atoms with Crippen LogP contribution in [0.15, 0.2) is 18.2 Å². The molecular formula is C11H14ClNO2Si. The number of halogens is 1. The minimum Gasteiger partial charge on any atom is -0.506 e. The minimum absolute atomic E-state index is 0.00936. The van der Waals surface area contributed by atoms with E-state index in [1.54, 1.807) is 12.1 Å². The molecule has 0 aliphatic rings. The van der Waals surface area contributed by atoms with Crippen LogP contribution >= 0.6 is 11.6 Å². The third kappa shape index (κ3) is 3.53. The topological polar surface area (TPSA) is 53.2 Å². The first kappa shape index (κ1) is 13.0. The summed E-state index contributed by atoms with van der Waals surface area (Å²) >= 11 is 5.78. The second-order valence-corrected chi connectivity index (χ2v) is 9.32. The summed E-state index contributed by atoms with van der Waals surface area (Å²) in [4.78, 5) is 0. The first-order chi connectivity index (χ1) is 7.33. The Bertz CT molecular complexity index is 423. The monoisotopic (exact) mass is 255 g/mol. The number of nitriles is 1. The fourth-order valence-electron chi connectivity index (χ4n) is 1.21. The molecule has 1 aromatic rings. The Morgan fingerprint density at radius 2 is 2.06 bits per heavy atom. The van der Waals surface area contributed by atoms with Crippen LogP contribution in [0, 0.1) is 11.3 Å². The van der Waals surface area contributed by atoms with Gasteiger partial charge in [-0.2, -0.15) is 5.26 Å². The van der Waals surface area contributed by atoms with E-state index < -0.39 is 14.4 Å². The van der Waals surface area contributed by atoms with E-state index in [0.29, 0.717) is 5.56 Å². The largest absolute Gasteiger partial charge is 0.506 e. The van der Waals surface area contributed by atoms with Crippen molar-refractivity contribution < 1.29 is 9.53 Å². The molecule has 1 atom stereocenters. The van der Waals surface area contributed by atoms with Gasteiger partial charge < -0.3 is 9.53 Å². The average Bonchev–Trinajstić information content (AvgIpc) is 2.17. The van der Waals surface area contributed by atoms with Crippen LogP contribution in [0.2, 0.25) is 24.7 Å². The summed E-state index contributed by atoms with van der Waals surface area (Å²) in [7, 11) is -1.78. The highest BCUT2D eigenvalue weighted by Crippen LogP contribution is 2.29. The first-order valence-electron chi connectivity index (χ1n) is 4.89. The Morgan fingerprint density at radius 1 is 1.44 bits per heavy atom. The van der Waals surface area contributed by atoms with Crippen molar-refractivity contribution in [2.24, 2.45) is 0 Å². The zero-order chi connectivity index (χ0) is 12.3. The smallest absolute Gasteiger partial charge is 0.186 e. The van der Waals surface area contributed by atoms with Gasteiger partial charge in [0.25, 0.3) is 0 Å². The maximum Gasteiger partial charge on any atom is 0.186 e. The van der Waals surface area contributed by atoms with Crippen molar-refractivity contribution >= 4 is 19.9 Å². The standard InChI is InChI=1S/C11H14ClNO2Si/c1-16(2,3)15-11(7-13)8-4-5-10(14)9(12)6-8/h4-6,11,14H,1-3H3. The molecule has 0 aliphatic carbocycles. The zero-order valence-electron chi connectivity index (χ0n) is 9.49. The molecule has 1 unspecified atom stereocenters. The van der Waals surface area contributed by atoms with E-state index in [0.717, 1.165) is 0 Å². The van der Waals surface area contributed by atoms with Crippen molar-refractivity contribution in [3.63, 3.8) is 0 Å². The van der Waals surface area contributed by atoms with Gasteiger partial charge in [-0.1, -0.05) is 17.7 Å². The molecule has 1 aromatic carbocycles. The van der Waals surface area contributed by atoms with Gasteiger partial charge in [-0.3, -0.25) is 0 Å². The SMILES string of the molecule is C[Si](C)(C)OC(C#N)c1ccc(O)c(Cl)c1. The molecule has 3 nitrogen and oxygen atoms in total. The third-order valence-electron chi connectivity index (χ3n) is 1.86. The van der Waals surface area contributed by atoms with Crippen LogP contribution < -0.4 is 0 Å². The van der Waals surface area contributed by atoms with E-state index in [4.69, 9.17) is 21.3 Å². The van der Waals surface area contributed by atoms with Gasteiger partial charge in [0.1, 0.15) is 5.75 Å². The summed E-state index contributed by atoms with van der Waals surface area (Å²) in [5.41, 5.74) is 0.674. The van der Waals surface area contributed by atoms with Crippen molar-refractivity contribution in [3.8, 4) is 11.8 Å². The lowest BCUT2D eigenvalue weighted by molar-refractivity contribution is 0.255. The van der Waals surface area contributed by atoms with Crippen molar-refractivity contribution in [2.45, 2.75) is 25.7 Å². The molecule has 16 heavy (non-hydrogen) atoms. The molecule has 0 amide bonds. The van der Waals surface area contributed by atoms with E-state index in [1.165, 1.54) is 6.07 Å². The second-order valence-electron chi connectivity index (χ2n) is 4.45. The van der Waals surface area contributed by atoms with Crippen LogP contribution in [0.5, 0.6) is 5.75 Å². The lowest BCUT2D eigenvalue weighted by Crippen LogP contribution is -2.27. The molecule has 0 aliphatic heterocycles. The summed E-state index contributed by atoms with van der Waals surface area (Å²) < 4.78 is 5.71. The molecule has 0 bridgehead atoms. The van der Waals surface area contributed by atoms with Gasteiger partial charge in [-0.25, -0.2) is 0 Å². The fourth-order valence-corrected chi connectivity index (χ4v) is 2.29. The molecule has 0 saturated heterocycles. The normalized spacial score (nSPS) is 13.2. The molecule has 0 saturated carbocycles. The molecule has 86 valence electrons. The molecular weight excluding hydrogens is 242 g/mol. The molecule has 5 heteroatoms. The van der Waals surface area contributed by atoms with Crippen LogP contribution in [0.25, 0.3) is 0 Å². The maximum absolute atomic E-state index is 9.28. The number of hydrogen-bond acceptors (Lipinski definition) is 3. The van der Waals surface area contributed by atoms with Gasteiger partial charge in [-0.05, 0) is 37.3 Å². The summed E-state index contributed by atoms with van der Waals surface area (Å²) in [6.07, 6.45) is -0.621. The van der Waals surface area contributed by atoms with Gasteiger partial charge >= 0.3 is 0 Å². The van der Waals surface area contributed by atoms with Crippen molar-refractivity contribution in [3.05, 3.63) is 28.8 Å². The lowest BCUT2D eigenvalue weighted by atomic mass is 10.1. The van der Waals surface area contributed by atoms with Gasteiger partial charge in [0.05, 0.1) is 11.1 Å². The van der Waals surface area contributed by atoms with Crippen LogP contribution in [0.3, 0.4) is 0 Å². The van der Waals surface area contributed by atoms with Gasteiger partial charge in [0.15, 0.2) is 14.4 Å². The molecule has 0 fully saturated rings. The highest BCUT2D eigenvalue weighted by Gasteiger charge is 2.22. The number of phenols is 1. The van der Waals surface area contributed by atoms with E-state index in [9.17, 15) is 5.11 Å². The number of phenolic OH excluding ortho intramolecular Hbond substituents is 1. The van der Waals surface area contributed by atoms with Gasteiger partial charge in [0.2, 0.25) is 0 Å². The summed E-state index contributed by atoms with van der Waals surface area (Å²) in [5, 5.41) is 18.6. The van der Waals surface area contributed by atoms with E-state index in [-0.39, 0.29) is 10.8 Å². The van der Waals surface area contributed by atoms with E-state index >= 15 is 0 Å². The van der Waals surface area contributed by atoms with Crippen LogP contribution in [0.4, 0.5) is 0 Å². The van der Waals surface area contributed by atoms with Crippen LogP contribution in [-0.2, 0) is 4.43 Å². The van der Waals surface area contributed by atoms with Crippen molar-refractivity contribution in [1.29, 1.82) is 5.26 Å². The Kier molecular flexibility index (Phi) is 3.97. The van der Waals surface area contributed by atoms with E-state index in [1.807, 2.05) is 19.6 Å². The Labute approximate surface area is 101 Å². The van der Waals surface area contributed by atoms with Gasteiger partial charge in [0, 0.05) is 0 Å². The predicted molar refractivity (Wildman–Crippen MR) is 65.9 cm³/mol. The number of benzene rings is 1. The average molecular weight is 256 g/mol. The Hall–Kier alpha value is -1.02. The first-order valence-corrected chi connectivity index (χ1v) is 8.68. The Balaban J connectivity index is 2.97. The minimum atomic E-state index is -1.78. The summed E-state index contributed by atoms with van der Waals surface area (Å²) in [6, 6.07) is 6.77. The van der Waals surface area contributed by atoms with Crippen molar-refractivity contribution in [1.82, 2.24) is 0 Å². The number of hydrogen-bond donors (Lipinski definition) is 1. The molecule has 1 N–H and O–H groups in total. The summed E-state index contributed by atoms with van der Waals surface area (Å²) in [6.45, 7) is 6.04. The quantitative estimate of drug-likeness (QED) is 0.842. The molecule has 0 spiro atoms. The molecule has 0 heterocycles. The van der Waals surface area contributed by atoms with E-state index in [2.05, 4.69) is 6.07 Å². The highest BCUT2D eigenvalue weighted by atomic mass is 35.5. The molecule has 0 aromatic heterocycles. The lowest BCUT2D eigenvalue weighted by Gasteiger charge is -2.21. The Morgan fingerprint density at radius 3 is 2.50 bits per heavy atom. The zero-order valence-corrected chi connectivity index (χ0v) is 11.2. The highest BCUT2D eigenvalue weighted by molar-refractivity contribution is 6.69. The third-order valence-corrected chi connectivity index (χ3v) is 3.11. The fraction of sp³-hybridized carbons (Fsp3) is 0.364.